The second kappa shape index (κ2) is 9.28. The van der Waals surface area contributed by atoms with Crippen LogP contribution in [0.3, 0.4) is 0 Å². The van der Waals surface area contributed by atoms with Gasteiger partial charge in [0.05, 0.1) is 13.1 Å². The van der Waals surface area contributed by atoms with Gasteiger partial charge in [0.15, 0.2) is 0 Å². The summed E-state index contributed by atoms with van der Waals surface area (Å²) in [6.07, 6.45) is -4.43. The molecule has 164 valence electrons. The zero-order chi connectivity index (χ0) is 22.9. The molecule has 1 aliphatic heterocycles. The minimum Gasteiger partial charge on any atom is -0.274 e. The summed E-state index contributed by atoms with van der Waals surface area (Å²) in [5, 5.41) is 0.239. The molecule has 1 heterocycles. The van der Waals surface area contributed by atoms with Crippen LogP contribution < -0.4 is 0 Å². The van der Waals surface area contributed by atoms with Gasteiger partial charge in [0.1, 0.15) is 24.6 Å². The van der Waals surface area contributed by atoms with Gasteiger partial charge in [-0.05, 0) is 53.9 Å². The van der Waals surface area contributed by atoms with Crippen LogP contribution in [0, 0.1) is 12.7 Å². The van der Waals surface area contributed by atoms with E-state index in [-0.39, 0.29) is 16.1 Å². The van der Waals surface area contributed by atoms with Crippen molar-refractivity contribution in [3.05, 3.63) is 69.0 Å². The molecule has 2 aromatic rings. The van der Waals surface area contributed by atoms with E-state index in [0.717, 1.165) is 18.2 Å². The van der Waals surface area contributed by atoms with E-state index in [2.05, 4.69) is 0 Å². The summed E-state index contributed by atoms with van der Waals surface area (Å²) in [6.45, 7) is 0.276. The predicted octanol–water partition coefficient (Wildman–Crippen LogP) is 5.34. The molecule has 3 rings (SSSR count). The molecular formula is C21H17Cl2F3N2O3. The molecule has 0 spiro atoms. The average Bonchev–Trinajstić information content (AvgIpc) is 2.66. The highest BCUT2D eigenvalue weighted by Crippen LogP contribution is 2.28. The van der Waals surface area contributed by atoms with Crippen molar-refractivity contribution in [3.63, 3.8) is 0 Å². The molecule has 0 N–H and O–H groups in total. The maximum atomic E-state index is 14.8. The van der Waals surface area contributed by atoms with Gasteiger partial charge in [0.25, 0.3) is 0 Å². The number of imide groups is 2. The van der Waals surface area contributed by atoms with Crippen molar-refractivity contribution in [2.24, 2.45) is 0 Å². The Bertz CT molecular complexity index is 931. The number of aryl methyl sites for hydroxylation is 1. The van der Waals surface area contributed by atoms with Crippen LogP contribution in [0.2, 0.25) is 10.0 Å². The van der Waals surface area contributed by atoms with Gasteiger partial charge >= 0.3 is 6.03 Å². The van der Waals surface area contributed by atoms with E-state index in [1.165, 1.54) is 12.1 Å². The lowest BCUT2D eigenvalue weighted by atomic mass is 10.1. The van der Waals surface area contributed by atoms with Crippen molar-refractivity contribution in [2.75, 3.05) is 13.1 Å². The minimum atomic E-state index is -1.95. The Hall–Kier alpha value is -2.58. The van der Waals surface area contributed by atoms with E-state index in [1.807, 2.05) is 0 Å². The molecule has 4 amide bonds. The summed E-state index contributed by atoms with van der Waals surface area (Å²) in [4.78, 5) is 38.2. The van der Waals surface area contributed by atoms with Crippen LogP contribution in [0.4, 0.5) is 18.0 Å². The molecule has 0 bridgehead atoms. The van der Waals surface area contributed by atoms with Crippen molar-refractivity contribution in [3.8, 4) is 0 Å². The number of amides is 4. The van der Waals surface area contributed by atoms with Gasteiger partial charge < -0.3 is 0 Å². The molecule has 31 heavy (non-hydrogen) atoms. The molecule has 5 nitrogen and oxygen atoms in total. The molecule has 1 aliphatic rings. The van der Waals surface area contributed by atoms with Gasteiger partial charge in [-0.1, -0.05) is 29.3 Å². The first-order chi connectivity index (χ1) is 14.5. The van der Waals surface area contributed by atoms with Gasteiger partial charge in [-0.15, -0.1) is 0 Å². The third-order valence-electron chi connectivity index (χ3n) is 4.72. The first kappa shape index (κ1) is 23.1. The number of barbiturate groups is 1. The number of alkyl halides is 2. The minimum absolute atomic E-state index is 0.0529. The number of hydrogen-bond acceptors (Lipinski definition) is 3. The number of benzene rings is 2. The quantitative estimate of drug-likeness (QED) is 0.532. The monoisotopic (exact) mass is 472 g/mol. The first-order valence-corrected chi connectivity index (χ1v) is 9.96. The molecule has 0 radical (unpaired) electrons. The van der Waals surface area contributed by atoms with Crippen LogP contribution in [0.5, 0.6) is 0 Å². The number of hydrogen-bond donors (Lipinski definition) is 0. The highest BCUT2D eigenvalue weighted by atomic mass is 35.5. The topological polar surface area (TPSA) is 57.7 Å². The van der Waals surface area contributed by atoms with Crippen molar-refractivity contribution in [1.29, 1.82) is 0 Å². The smallest absolute Gasteiger partial charge is 0.274 e. The average molecular weight is 473 g/mol. The fraction of sp³-hybridized carbons (Fsp3) is 0.286. The maximum Gasteiger partial charge on any atom is 0.333 e. The maximum absolute atomic E-state index is 14.8. The number of halogens is 5. The molecule has 0 aromatic heterocycles. The van der Waals surface area contributed by atoms with Crippen molar-refractivity contribution in [1.82, 2.24) is 9.80 Å². The lowest BCUT2D eigenvalue weighted by Gasteiger charge is -2.34. The molecule has 0 saturated carbocycles. The Kier molecular flexibility index (Phi) is 6.91. The van der Waals surface area contributed by atoms with Gasteiger partial charge in [0, 0.05) is 10.0 Å². The third-order valence-corrected chi connectivity index (χ3v) is 5.16. The summed E-state index contributed by atoms with van der Waals surface area (Å²) >= 11 is 11.6. The normalized spacial score (nSPS) is 16.6. The van der Waals surface area contributed by atoms with E-state index in [9.17, 15) is 27.6 Å². The SMILES string of the molecule is Cc1cc(Cl)cc([C@H](F)CN2C(=O)CC(=O)N(C[C@H](F)c3cc(F)cc(Cl)c3)C2=O)c1. The molecule has 2 atom stereocenters. The van der Waals surface area contributed by atoms with Gasteiger partial charge in [-0.2, -0.15) is 0 Å². The van der Waals surface area contributed by atoms with E-state index >= 15 is 0 Å². The zero-order valence-electron chi connectivity index (χ0n) is 16.2. The summed E-state index contributed by atoms with van der Waals surface area (Å²) in [7, 11) is 0. The number of carbonyl (C=O) groups excluding carboxylic acids is 3. The van der Waals surface area contributed by atoms with E-state index in [1.54, 1.807) is 13.0 Å². The van der Waals surface area contributed by atoms with Crippen LogP contribution in [-0.2, 0) is 9.59 Å². The number of carbonyl (C=O) groups is 3. The standard InChI is InChI=1S/C21H17Cl2F3N2O3/c1-11-2-12(4-14(22)3-11)17(25)9-27-19(29)8-20(30)28(21(27)31)10-18(26)13-5-15(23)7-16(24)6-13/h2-7,17-18H,8-10H2,1H3/t17-,18+/m1/s1. The molecule has 1 saturated heterocycles. The van der Waals surface area contributed by atoms with Gasteiger partial charge in [0.2, 0.25) is 11.8 Å². The van der Waals surface area contributed by atoms with E-state index in [4.69, 9.17) is 23.2 Å². The molecule has 10 heteroatoms. The second-order valence-corrected chi connectivity index (χ2v) is 8.04. The number of urea groups is 1. The Morgan fingerprint density at radius 2 is 1.32 bits per heavy atom. The van der Waals surface area contributed by atoms with Crippen molar-refractivity contribution in [2.45, 2.75) is 25.7 Å². The van der Waals surface area contributed by atoms with Crippen LogP contribution in [0.15, 0.2) is 36.4 Å². The Morgan fingerprint density at radius 3 is 1.81 bits per heavy atom. The van der Waals surface area contributed by atoms with E-state index in [0.29, 0.717) is 20.4 Å². The lowest BCUT2D eigenvalue weighted by molar-refractivity contribution is -0.143. The summed E-state index contributed by atoms with van der Waals surface area (Å²) in [5.41, 5.74) is 0.672. The fourth-order valence-electron chi connectivity index (χ4n) is 3.27. The summed E-state index contributed by atoms with van der Waals surface area (Å²) in [6, 6.07) is 6.39. The largest absolute Gasteiger partial charge is 0.333 e. The Labute approximate surface area is 186 Å². The number of nitrogens with zero attached hydrogens (tertiary/aromatic N) is 2. The predicted molar refractivity (Wildman–Crippen MR) is 109 cm³/mol. The van der Waals surface area contributed by atoms with Gasteiger partial charge in [-0.25, -0.2) is 18.0 Å². The second-order valence-electron chi connectivity index (χ2n) is 7.17. The Balaban J connectivity index is 1.77. The summed E-state index contributed by atoms with van der Waals surface area (Å²) < 4.78 is 43.0. The molecular weight excluding hydrogens is 456 g/mol. The lowest BCUT2D eigenvalue weighted by Crippen LogP contribution is -2.56. The molecule has 2 aromatic carbocycles. The molecule has 1 fully saturated rings. The summed E-state index contributed by atoms with van der Waals surface area (Å²) in [5.74, 6) is -2.60. The van der Waals surface area contributed by atoms with Gasteiger partial charge in [-0.3, -0.25) is 19.4 Å². The van der Waals surface area contributed by atoms with Crippen LogP contribution in [0.25, 0.3) is 0 Å². The highest BCUT2D eigenvalue weighted by Gasteiger charge is 2.40. The fourth-order valence-corrected chi connectivity index (χ4v) is 3.80. The Morgan fingerprint density at radius 1 is 0.839 bits per heavy atom. The molecule has 0 aliphatic carbocycles. The molecule has 0 unspecified atom stereocenters. The van der Waals surface area contributed by atoms with Crippen LogP contribution in [-0.4, -0.2) is 40.7 Å². The number of rotatable bonds is 6. The van der Waals surface area contributed by atoms with E-state index < -0.39 is 55.5 Å². The van der Waals surface area contributed by atoms with Crippen LogP contribution >= 0.6 is 23.2 Å². The van der Waals surface area contributed by atoms with Crippen LogP contribution in [0.1, 0.15) is 35.5 Å². The van der Waals surface area contributed by atoms with Crippen molar-refractivity contribution >= 4 is 41.0 Å². The zero-order valence-corrected chi connectivity index (χ0v) is 17.8. The van der Waals surface area contributed by atoms with Crippen molar-refractivity contribution < 1.29 is 27.6 Å². The first-order valence-electron chi connectivity index (χ1n) is 9.21. The third kappa shape index (κ3) is 5.37. The highest BCUT2D eigenvalue weighted by molar-refractivity contribution is 6.31.